The highest BCUT2D eigenvalue weighted by molar-refractivity contribution is 7.17. The number of nitrogens with one attached hydrogen (secondary N) is 1. The second kappa shape index (κ2) is 2.51. The summed E-state index contributed by atoms with van der Waals surface area (Å²) in [6.07, 6.45) is 0.637. The maximum absolute atomic E-state index is 9.44. The van der Waals surface area contributed by atoms with Crippen molar-refractivity contribution in [2.24, 2.45) is 0 Å². The van der Waals surface area contributed by atoms with E-state index in [-0.39, 0.29) is 0 Å². The molecule has 1 aliphatic heterocycles. The number of hydrogen-bond acceptors (Lipinski definition) is 3. The van der Waals surface area contributed by atoms with Crippen molar-refractivity contribution < 1.29 is 10.2 Å². The summed E-state index contributed by atoms with van der Waals surface area (Å²) in [5.74, 6) is -0.701. The fraction of sp³-hybridized carbons (Fsp3) is 1.00. The monoisotopic (exact) mass is 149 g/mol. The van der Waals surface area contributed by atoms with Crippen LogP contribution in [0.5, 0.6) is 0 Å². The van der Waals surface area contributed by atoms with Crippen LogP contribution >= 0.6 is 9.24 Å². The van der Waals surface area contributed by atoms with Crippen LogP contribution in [0.15, 0.2) is 0 Å². The van der Waals surface area contributed by atoms with E-state index >= 15 is 0 Å². The molecule has 0 aromatic carbocycles. The zero-order valence-electron chi connectivity index (χ0n) is 5.17. The SMILES string of the molecule is O[C@H](P)[C@@]1(O)CCNC1. The summed E-state index contributed by atoms with van der Waals surface area (Å²) >= 11 is 0. The highest BCUT2D eigenvalue weighted by atomic mass is 31.0. The molecule has 0 aromatic heterocycles. The minimum Gasteiger partial charge on any atom is -0.386 e. The second-order valence-corrected chi connectivity index (χ2v) is 3.11. The first-order chi connectivity index (χ1) is 4.15. The minimum atomic E-state index is -0.898. The molecule has 1 rings (SSSR count). The highest BCUT2D eigenvalue weighted by Gasteiger charge is 2.35. The Morgan fingerprint density at radius 3 is 2.56 bits per heavy atom. The van der Waals surface area contributed by atoms with E-state index in [1.54, 1.807) is 0 Å². The molecule has 0 aliphatic carbocycles. The van der Waals surface area contributed by atoms with Gasteiger partial charge in [-0.05, 0) is 13.0 Å². The quantitative estimate of drug-likeness (QED) is 0.415. The number of hydrogen-bond donors (Lipinski definition) is 3. The second-order valence-electron chi connectivity index (χ2n) is 2.48. The van der Waals surface area contributed by atoms with Crippen LogP contribution in [0.4, 0.5) is 0 Å². The zero-order chi connectivity index (χ0) is 6.91. The van der Waals surface area contributed by atoms with Gasteiger partial charge in [0.1, 0.15) is 5.60 Å². The van der Waals surface area contributed by atoms with E-state index in [2.05, 4.69) is 14.6 Å². The van der Waals surface area contributed by atoms with Gasteiger partial charge in [0.2, 0.25) is 0 Å². The molecule has 1 heterocycles. The van der Waals surface area contributed by atoms with Crippen LogP contribution in [-0.2, 0) is 0 Å². The van der Waals surface area contributed by atoms with Crippen molar-refractivity contribution in [3.8, 4) is 0 Å². The standard InChI is InChI=1S/C5H12NO2P/c7-4(9)5(8)1-2-6-3-5/h4,6-8H,1-3,9H2/t4-,5-/m1/s1. The number of rotatable bonds is 1. The lowest BCUT2D eigenvalue weighted by Gasteiger charge is -2.23. The molecule has 0 aromatic rings. The van der Waals surface area contributed by atoms with Gasteiger partial charge in [0.25, 0.3) is 0 Å². The smallest absolute Gasteiger partial charge is 0.107 e. The Bertz CT molecular complexity index is 101. The van der Waals surface area contributed by atoms with Crippen LogP contribution in [0, 0.1) is 0 Å². The van der Waals surface area contributed by atoms with Gasteiger partial charge in [-0.25, -0.2) is 0 Å². The molecule has 0 saturated carbocycles. The average molecular weight is 149 g/mol. The molecule has 3 nitrogen and oxygen atoms in total. The van der Waals surface area contributed by atoms with Crippen LogP contribution in [0.1, 0.15) is 6.42 Å². The Balaban J connectivity index is 2.51. The molecule has 3 atom stereocenters. The van der Waals surface area contributed by atoms with Crippen molar-refractivity contribution in [1.82, 2.24) is 5.32 Å². The Morgan fingerprint density at radius 2 is 2.33 bits per heavy atom. The van der Waals surface area contributed by atoms with E-state index in [0.29, 0.717) is 13.0 Å². The maximum Gasteiger partial charge on any atom is 0.107 e. The fourth-order valence-corrected chi connectivity index (χ4v) is 1.24. The molecule has 1 unspecified atom stereocenters. The van der Waals surface area contributed by atoms with Gasteiger partial charge in [-0.2, -0.15) is 0 Å². The average Bonchev–Trinajstić information content (AvgIpc) is 2.16. The van der Waals surface area contributed by atoms with Crippen molar-refractivity contribution in [3.05, 3.63) is 0 Å². The normalized spacial score (nSPS) is 39.0. The van der Waals surface area contributed by atoms with E-state index in [0.717, 1.165) is 6.54 Å². The number of β-amino-alcohol motifs (C(OH)–C–C–N with tert-alkyl or cyclic N) is 1. The van der Waals surface area contributed by atoms with Crippen LogP contribution in [0.25, 0.3) is 0 Å². The predicted octanol–water partition coefficient (Wildman–Crippen LogP) is -1.10. The molecule has 0 bridgehead atoms. The Morgan fingerprint density at radius 1 is 1.67 bits per heavy atom. The van der Waals surface area contributed by atoms with Crippen molar-refractivity contribution in [1.29, 1.82) is 0 Å². The first kappa shape index (κ1) is 7.42. The third-order valence-electron chi connectivity index (χ3n) is 1.72. The van der Waals surface area contributed by atoms with Crippen molar-refractivity contribution in [3.63, 3.8) is 0 Å². The summed E-state index contributed by atoms with van der Waals surface area (Å²) in [6.45, 7) is 1.29. The number of aliphatic hydroxyl groups is 2. The van der Waals surface area contributed by atoms with Crippen LogP contribution in [0.2, 0.25) is 0 Å². The van der Waals surface area contributed by atoms with Crippen LogP contribution in [-0.4, -0.2) is 34.7 Å². The molecule has 0 spiro atoms. The summed E-state index contributed by atoms with van der Waals surface area (Å²) in [5, 5.41) is 21.4. The molecule has 1 saturated heterocycles. The third-order valence-corrected chi connectivity index (χ3v) is 2.34. The van der Waals surface area contributed by atoms with E-state index in [9.17, 15) is 5.11 Å². The van der Waals surface area contributed by atoms with Crippen molar-refractivity contribution >= 4 is 9.24 Å². The predicted molar refractivity (Wildman–Crippen MR) is 38.2 cm³/mol. The van der Waals surface area contributed by atoms with Gasteiger partial charge in [0.05, 0.1) is 5.85 Å². The largest absolute Gasteiger partial charge is 0.386 e. The van der Waals surface area contributed by atoms with Gasteiger partial charge in [-0.15, -0.1) is 9.24 Å². The first-order valence-electron chi connectivity index (χ1n) is 3.02. The lowest BCUT2D eigenvalue weighted by atomic mass is 10.1. The van der Waals surface area contributed by atoms with Gasteiger partial charge >= 0.3 is 0 Å². The Labute approximate surface area is 56.7 Å². The first-order valence-corrected chi connectivity index (χ1v) is 3.68. The lowest BCUT2D eigenvalue weighted by molar-refractivity contribution is -0.0160. The summed E-state index contributed by atoms with van der Waals surface area (Å²) in [5.41, 5.74) is -0.898. The molecular weight excluding hydrogens is 137 g/mol. The molecular formula is C5H12NO2P. The van der Waals surface area contributed by atoms with Crippen LogP contribution < -0.4 is 5.32 Å². The molecule has 3 N–H and O–H groups in total. The molecule has 0 amide bonds. The minimum absolute atomic E-state index is 0.498. The molecule has 4 heteroatoms. The van der Waals surface area contributed by atoms with E-state index < -0.39 is 11.4 Å². The maximum atomic E-state index is 9.44. The summed E-state index contributed by atoms with van der Waals surface area (Å²) in [6, 6.07) is 0. The molecule has 54 valence electrons. The van der Waals surface area contributed by atoms with Crippen LogP contribution in [0.3, 0.4) is 0 Å². The summed E-state index contributed by atoms with van der Waals surface area (Å²) in [4.78, 5) is 0. The van der Waals surface area contributed by atoms with Gasteiger partial charge in [-0.3, -0.25) is 0 Å². The van der Waals surface area contributed by atoms with Gasteiger partial charge in [-0.1, -0.05) is 0 Å². The molecule has 1 aliphatic rings. The van der Waals surface area contributed by atoms with Crippen molar-refractivity contribution in [2.45, 2.75) is 17.9 Å². The third kappa shape index (κ3) is 1.41. The van der Waals surface area contributed by atoms with E-state index in [1.807, 2.05) is 0 Å². The van der Waals surface area contributed by atoms with Gasteiger partial charge in [0, 0.05) is 6.54 Å². The summed E-state index contributed by atoms with van der Waals surface area (Å²) < 4.78 is 0. The summed E-state index contributed by atoms with van der Waals surface area (Å²) in [7, 11) is 2.20. The van der Waals surface area contributed by atoms with Gasteiger partial charge < -0.3 is 15.5 Å². The van der Waals surface area contributed by atoms with Crippen molar-refractivity contribution in [2.75, 3.05) is 13.1 Å². The van der Waals surface area contributed by atoms with Gasteiger partial charge in [0.15, 0.2) is 0 Å². The highest BCUT2D eigenvalue weighted by Crippen LogP contribution is 2.22. The fourth-order valence-electron chi connectivity index (χ4n) is 0.951. The topological polar surface area (TPSA) is 52.5 Å². The van der Waals surface area contributed by atoms with E-state index in [4.69, 9.17) is 5.11 Å². The lowest BCUT2D eigenvalue weighted by Crippen LogP contribution is -2.40. The van der Waals surface area contributed by atoms with E-state index in [1.165, 1.54) is 0 Å². The zero-order valence-corrected chi connectivity index (χ0v) is 6.33. The Hall–Kier alpha value is 0.310. The Kier molecular flexibility index (Phi) is 2.07. The molecule has 9 heavy (non-hydrogen) atoms. The molecule has 1 fully saturated rings. The molecule has 0 radical (unpaired) electrons. The number of aliphatic hydroxyl groups excluding tert-OH is 1.